The molecule has 0 aromatic carbocycles. The molecule has 0 bridgehead atoms. The summed E-state index contributed by atoms with van der Waals surface area (Å²) in [5.74, 6) is 1.65. The number of rotatable bonds is 6. The van der Waals surface area contributed by atoms with E-state index in [0.717, 1.165) is 19.6 Å². The van der Waals surface area contributed by atoms with Crippen molar-refractivity contribution in [3.05, 3.63) is 23.4 Å². The molecule has 1 saturated heterocycles. The maximum Gasteiger partial charge on any atom is 0.129 e. The Balaban J connectivity index is 2.27. The van der Waals surface area contributed by atoms with Crippen LogP contribution in [-0.4, -0.2) is 25.1 Å². The summed E-state index contributed by atoms with van der Waals surface area (Å²) in [4.78, 5) is 7.43. The van der Waals surface area contributed by atoms with Gasteiger partial charge in [0.1, 0.15) is 5.82 Å². The predicted molar refractivity (Wildman–Crippen MR) is 90.9 cm³/mol. The van der Waals surface area contributed by atoms with Crippen LogP contribution in [0.2, 0.25) is 0 Å². The van der Waals surface area contributed by atoms with Crippen molar-refractivity contribution < 1.29 is 0 Å². The lowest BCUT2D eigenvalue weighted by molar-refractivity contribution is 0.301. The average molecular weight is 289 g/mol. The molecule has 0 radical (unpaired) electrons. The van der Waals surface area contributed by atoms with E-state index in [0.29, 0.717) is 11.3 Å². The first kappa shape index (κ1) is 16.3. The van der Waals surface area contributed by atoms with E-state index in [4.69, 9.17) is 4.98 Å². The third-order valence-corrected chi connectivity index (χ3v) is 5.13. The van der Waals surface area contributed by atoms with Crippen molar-refractivity contribution in [3.8, 4) is 0 Å². The van der Waals surface area contributed by atoms with Gasteiger partial charge >= 0.3 is 0 Å². The van der Waals surface area contributed by atoms with Crippen molar-refractivity contribution in [1.82, 2.24) is 10.3 Å². The molecular weight excluding hydrogens is 258 g/mol. The predicted octanol–water partition coefficient (Wildman–Crippen LogP) is 3.94. The van der Waals surface area contributed by atoms with E-state index in [1.165, 1.54) is 36.3 Å². The highest BCUT2D eigenvalue weighted by Crippen LogP contribution is 2.38. The number of aromatic nitrogens is 1. The van der Waals surface area contributed by atoms with Crippen LogP contribution >= 0.6 is 0 Å². The summed E-state index contributed by atoms with van der Waals surface area (Å²) in [6.07, 6.45) is 3.84. The number of nitrogens with zero attached hydrogens (tertiary/aromatic N) is 2. The number of anilines is 1. The van der Waals surface area contributed by atoms with E-state index in [9.17, 15) is 0 Å². The molecule has 2 rings (SSSR count). The molecule has 21 heavy (non-hydrogen) atoms. The zero-order valence-corrected chi connectivity index (χ0v) is 14.4. The summed E-state index contributed by atoms with van der Waals surface area (Å²) in [7, 11) is 2.00. The smallest absolute Gasteiger partial charge is 0.129 e. The SMILES string of the molecule is CCC1(CC)CCN(c2cc(CNC)cc(C(C)C)n2)C1. The first-order valence-electron chi connectivity index (χ1n) is 8.44. The number of nitrogens with one attached hydrogen (secondary N) is 1. The Hall–Kier alpha value is -1.09. The van der Waals surface area contributed by atoms with E-state index in [1.807, 2.05) is 7.05 Å². The van der Waals surface area contributed by atoms with Gasteiger partial charge in [-0.05, 0) is 55.3 Å². The minimum absolute atomic E-state index is 0.477. The molecular formula is C18H31N3. The van der Waals surface area contributed by atoms with Crippen LogP contribution in [0.5, 0.6) is 0 Å². The molecule has 3 nitrogen and oxygen atoms in total. The lowest BCUT2D eigenvalue weighted by Gasteiger charge is -2.27. The molecule has 0 amide bonds. The molecule has 0 aliphatic carbocycles. The molecule has 2 heterocycles. The standard InChI is InChI=1S/C18H31N3/c1-6-18(7-2)8-9-21(13-18)17-11-15(12-19-5)10-16(20-17)14(3)4/h10-11,14,19H,6-9,12-13H2,1-5H3. The third-order valence-electron chi connectivity index (χ3n) is 5.13. The zero-order chi connectivity index (χ0) is 15.5. The highest BCUT2D eigenvalue weighted by atomic mass is 15.2. The van der Waals surface area contributed by atoms with Gasteiger partial charge in [0, 0.05) is 25.3 Å². The Morgan fingerprint density at radius 3 is 2.52 bits per heavy atom. The summed E-state index contributed by atoms with van der Waals surface area (Å²) in [6.45, 7) is 12.3. The summed E-state index contributed by atoms with van der Waals surface area (Å²) in [5.41, 5.74) is 3.05. The molecule has 1 aromatic heterocycles. The summed E-state index contributed by atoms with van der Waals surface area (Å²) >= 11 is 0. The normalized spacial score (nSPS) is 17.7. The highest BCUT2D eigenvalue weighted by molar-refractivity contribution is 5.45. The van der Waals surface area contributed by atoms with Gasteiger partial charge in [0.15, 0.2) is 0 Å². The third kappa shape index (κ3) is 3.57. The van der Waals surface area contributed by atoms with Crippen LogP contribution in [0.1, 0.15) is 64.1 Å². The molecule has 1 aliphatic heterocycles. The van der Waals surface area contributed by atoms with Crippen LogP contribution in [0, 0.1) is 5.41 Å². The second-order valence-corrected chi connectivity index (χ2v) is 6.82. The minimum Gasteiger partial charge on any atom is -0.356 e. The topological polar surface area (TPSA) is 28.2 Å². The van der Waals surface area contributed by atoms with Gasteiger partial charge in [-0.2, -0.15) is 0 Å². The van der Waals surface area contributed by atoms with Gasteiger partial charge in [-0.1, -0.05) is 27.7 Å². The first-order chi connectivity index (χ1) is 10.0. The van der Waals surface area contributed by atoms with Crippen LogP contribution < -0.4 is 10.2 Å². The molecule has 0 atom stereocenters. The fraction of sp³-hybridized carbons (Fsp3) is 0.722. The minimum atomic E-state index is 0.477. The molecule has 0 spiro atoms. The molecule has 0 unspecified atom stereocenters. The maximum absolute atomic E-state index is 4.93. The largest absolute Gasteiger partial charge is 0.356 e. The van der Waals surface area contributed by atoms with E-state index in [2.05, 4.69) is 50.0 Å². The fourth-order valence-corrected chi connectivity index (χ4v) is 3.32. The van der Waals surface area contributed by atoms with Gasteiger partial charge in [-0.15, -0.1) is 0 Å². The van der Waals surface area contributed by atoms with Crippen molar-refractivity contribution >= 4 is 5.82 Å². The van der Waals surface area contributed by atoms with Crippen molar-refractivity contribution in [2.75, 3.05) is 25.0 Å². The van der Waals surface area contributed by atoms with Gasteiger partial charge in [0.25, 0.3) is 0 Å². The van der Waals surface area contributed by atoms with Gasteiger partial charge in [0.05, 0.1) is 0 Å². The Bertz CT molecular complexity index is 464. The lowest BCUT2D eigenvalue weighted by atomic mass is 9.82. The van der Waals surface area contributed by atoms with E-state index in [-0.39, 0.29) is 0 Å². The van der Waals surface area contributed by atoms with Crippen molar-refractivity contribution in [2.45, 2.75) is 59.4 Å². The summed E-state index contributed by atoms with van der Waals surface area (Å²) in [5, 5.41) is 3.26. The highest BCUT2D eigenvalue weighted by Gasteiger charge is 2.35. The molecule has 1 aliphatic rings. The average Bonchev–Trinajstić information content (AvgIpc) is 2.92. The number of hydrogen-bond acceptors (Lipinski definition) is 3. The second-order valence-electron chi connectivity index (χ2n) is 6.82. The summed E-state index contributed by atoms with van der Waals surface area (Å²) in [6, 6.07) is 4.51. The molecule has 1 N–H and O–H groups in total. The molecule has 1 aromatic rings. The Kier molecular flexibility index (Phi) is 5.26. The van der Waals surface area contributed by atoms with Gasteiger partial charge in [-0.25, -0.2) is 4.98 Å². The quantitative estimate of drug-likeness (QED) is 0.859. The first-order valence-corrected chi connectivity index (χ1v) is 8.44. The van der Waals surface area contributed by atoms with Crippen LogP contribution in [0.3, 0.4) is 0 Å². The van der Waals surface area contributed by atoms with E-state index in [1.54, 1.807) is 0 Å². The number of pyridine rings is 1. The second kappa shape index (κ2) is 6.78. The molecule has 118 valence electrons. The van der Waals surface area contributed by atoms with Crippen molar-refractivity contribution in [2.24, 2.45) is 5.41 Å². The maximum atomic E-state index is 4.93. The van der Waals surface area contributed by atoms with E-state index < -0.39 is 0 Å². The van der Waals surface area contributed by atoms with Crippen LogP contribution in [-0.2, 0) is 6.54 Å². The van der Waals surface area contributed by atoms with Gasteiger partial charge < -0.3 is 10.2 Å². The summed E-state index contributed by atoms with van der Waals surface area (Å²) < 4.78 is 0. The Morgan fingerprint density at radius 1 is 1.29 bits per heavy atom. The Labute approximate surface area is 130 Å². The molecule has 1 fully saturated rings. The van der Waals surface area contributed by atoms with E-state index >= 15 is 0 Å². The van der Waals surface area contributed by atoms with Crippen LogP contribution in [0.25, 0.3) is 0 Å². The molecule has 0 saturated carbocycles. The van der Waals surface area contributed by atoms with Crippen molar-refractivity contribution in [3.63, 3.8) is 0 Å². The van der Waals surface area contributed by atoms with Crippen LogP contribution in [0.4, 0.5) is 5.82 Å². The Morgan fingerprint density at radius 2 is 2.00 bits per heavy atom. The fourth-order valence-electron chi connectivity index (χ4n) is 3.32. The lowest BCUT2D eigenvalue weighted by Crippen LogP contribution is -2.27. The van der Waals surface area contributed by atoms with Crippen molar-refractivity contribution in [1.29, 1.82) is 0 Å². The van der Waals surface area contributed by atoms with Gasteiger partial charge in [-0.3, -0.25) is 0 Å². The number of hydrogen-bond donors (Lipinski definition) is 1. The van der Waals surface area contributed by atoms with Crippen LogP contribution in [0.15, 0.2) is 12.1 Å². The molecule has 3 heteroatoms. The monoisotopic (exact) mass is 289 g/mol. The van der Waals surface area contributed by atoms with Gasteiger partial charge in [0.2, 0.25) is 0 Å². The zero-order valence-electron chi connectivity index (χ0n) is 14.4.